The van der Waals surface area contributed by atoms with Gasteiger partial charge in [-0.15, -0.1) is 6.58 Å². The van der Waals surface area contributed by atoms with Crippen LogP contribution in [0.2, 0.25) is 0 Å². The summed E-state index contributed by atoms with van der Waals surface area (Å²) < 4.78 is 11.4. The number of aromatic nitrogens is 1. The second-order valence-electron chi connectivity index (χ2n) is 8.04. The molecule has 0 unspecified atom stereocenters. The maximum Gasteiger partial charge on any atom is 0.337 e. The third-order valence-electron chi connectivity index (χ3n) is 5.57. The molecule has 0 aliphatic heterocycles. The average molecular weight is 449 g/mol. The third-order valence-corrected chi connectivity index (χ3v) is 5.57. The SMILES string of the molecule is C=CCn1c(C(=O)Nc2cc(C(=O)OC)cc(C(=O)OC)c2)c(C)c2cc(C(C)C)ccc21. The zero-order valence-electron chi connectivity index (χ0n) is 19.5. The number of amides is 1. The van der Waals surface area contributed by atoms with Crippen molar-refractivity contribution in [2.24, 2.45) is 0 Å². The van der Waals surface area contributed by atoms with Crippen LogP contribution in [0.1, 0.15) is 62.1 Å². The number of nitrogens with one attached hydrogen (secondary N) is 1. The van der Waals surface area contributed by atoms with E-state index < -0.39 is 11.9 Å². The highest BCUT2D eigenvalue weighted by atomic mass is 16.5. The van der Waals surface area contributed by atoms with Crippen LogP contribution in [0.15, 0.2) is 49.1 Å². The first-order chi connectivity index (χ1) is 15.7. The van der Waals surface area contributed by atoms with Gasteiger partial charge in [0.25, 0.3) is 5.91 Å². The smallest absolute Gasteiger partial charge is 0.337 e. The molecule has 0 aliphatic carbocycles. The number of fused-ring (bicyclic) bond motifs is 1. The Hall–Kier alpha value is -3.87. The standard InChI is InChI=1S/C26H28N2O5/c1-7-10-28-22-9-8-17(15(2)3)14-21(22)16(4)23(28)24(29)27-20-12-18(25(30)32-5)11-19(13-20)26(31)33-6/h7-9,11-15H,1,10H2,2-6H3,(H,27,29). The first-order valence-electron chi connectivity index (χ1n) is 10.6. The van der Waals surface area contributed by atoms with Crippen LogP contribution in [0.4, 0.5) is 5.69 Å². The zero-order valence-corrected chi connectivity index (χ0v) is 19.5. The van der Waals surface area contributed by atoms with E-state index in [-0.39, 0.29) is 22.7 Å². The number of allylic oxidation sites excluding steroid dienone is 1. The van der Waals surface area contributed by atoms with Gasteiger partial charge in [-0.2, -0.15) is 0 Å². The highest BCUT2D eigenvalue weighted by molar-refractivity contribution is 6.09. The maximum atomic E-state index is 13.4. The van der Waals surface area contributed by atoms with Crippen LogP contribution in [0.3, 0.4) is 0 Å². The lowest BCUT2D eigenvalue weighted by Crippen LogP contribution is -2.19. The molecule has 2 aromatic carbocycles. The molecule has 1 aromatic heterocycles. The summed E-state index contributed by atoms with van der Waals surface area (Å²) in [5.74, 6) is -1.27. The molecule has 0 fully saturated rings. The van der Waals surface area contributed by atoms with Crippen LogP contribution >= 0.6 is 0 Å². The summed E-state index contributed by atoms with van der Waals surface area (Å²) in [6.07, 6.45) is 1.74. The van der Waals surface area contributed by atoms with Crippen molar-refractivity contribution in [3.8, 4) is 0 Å². The summed E-state index contributed by atoms with van der Waals surface area (Å²) in [4.78, 5) is 37.6. The minimum absolute atomic E-state index is 0.126. The molecule has 0 spiro atoms. The number of anilines is 1. The van der Waals surface area contributed by atoms with Crippen molar-refractivity contribution in [2.75, 3.05) is 19.5 Å². The molecule has 7 nitrogen and oxygen atoms in total. The Morgan fingerprint density at radius 2 is 1.64 bits per heavy atom. The maximum absolute atomic E-state index is 13.4. The largest absolute Gasteiger partial charge is 0.465 e. The molecule has 33 heavy (non-hydrogen) atoms. The van der Waals surface area contributed by atoms with E-state index in [9.17, 15) is 14.4 Å². The van der Waals surface area contributed by atoms with Gasteiger partial charge in [0.2, 0.25) is 0 Å². The van der Waals surface area contributed by atoms with Gasteiger partial charge in [0.05, 0.1) is 25.3 Å². The quantitative estimate of drug-likeness (QED) is 0.402. The second-order valence-corrected chi connectivity index (χ2v) is 8.04. The van der Waals surface area contributed by atoms with Gasteiger partial charge < -0.3 is 19.4 Å². The highest BCUT2D eigenvalue weighted by Gasteiger charge is 2.22. The normalized spacial score (nSPS) is 10.8. The van der Waals surface area contributed by atoms with Crippen LogP contribution in [0, 0.1) is 6.92 Å². The van der Waals surface area contributed by atoms with E-state index in [4.69, 9.17) is 9.47 Å². The van der Waals surface area contributed by atoms with Crippen molar-refractivity contribution in [3.63, 3.8) is 0 Å². The second kappa shape index (κ2) is 9.73. The van der Waals surface area contributed by atoms with Crippen LogP contribution in [0.5, 0.6) is 0 Å². The van der Waals surface area contributed by atoms with Gasteiger partial charge in [0.1, 0.15) is 5.69 Å². The van der Waals surface area contributed by atoms with Crippen molar-refractivity contribution in [2.45, 2.75) is 33.2 Å². The lowest BCUT2D eigenvalue weighted by Gasteiger charge is -2.12. The van der Waals surface area contributed by atoms with Crippen molar-refractivity contribution in [1.29, 1.82) is 0 Å². The molecule has 1 heterocycles. The van der Waals surface area contributed by atoms with Crippen LogP contribution in [-0.4, -0.2) is 36.6 Å². The fourth-order valence-corrected chi connectivity index (χ4v) is 3.87. The zero-order chi connectivity index (χ0) is 24.3. The van der Waals surface area contributed by atoms with Gasteiger partial charge in [-0.05, 0) is 54.3 Å². The predicted octanol–water partition coefficient (Wildman–Crippen LogP) is 5.08. The number of benzene rings is 2. The van der Waals surface area contributed by atoms with Crippen LogP contribution < -0.4 is 5.32 Å². The van der Waals surface area contributed by atoms with E-state index in [0.717, 1.165) is 16.5 Å². The van der Waals surface area contributed by atoms with Crippen LogP contribution in [0.25, 0.3) is 10.9 Å². The molecule has 0 atom stereocenters. The number of nitrogens with zero attached hydrogens (tertiary/aromatic N) is 1. The fourth-order valence-electron chi connectivity index (χ4n) is 3.87. The number of ether oxygens (including phenoxy) is 2. The number of hydrogen-bond acceptors (Lipinski definition) is 5. The molecule has 1 amide bonds. The van der Waals surface area contributed by atoms with Gasteiger partial charge in [0, 0.05) is 23.1 Å². The Labute approximate surface area is 193 Å². The predicted molar refractivity (Wildman–Crippen MR) is 128 cm³/mol. The fraction of sp³-hybridized carbons (Fsp3) is 0.269. The van der Waals surface area contributed by atoms with E-state index in [1.54, 1.807) is 6.08 Å². The lowest BCUT2D eigenvalue weighted by molar-refractivity contribution is 0.0599. The molecule has 172 valence electrons. The monoisotopic (exact) mass is 448 g/mol. The summed E-state index contributed by atoms with van der Waals surface area (Å²) in [7, 11) is 2.49. The summed E-state index contributed by atoms with van der Waals surface area (Å²) in [6, 6.07) is 10.5. The van der Waals surface area contributed by atoms with E-state index in [2.05, 4.69) is 37.9 Å². The third kappa shape index (κ3) is 4.67. The Morgan fingerprint density at radius 1 is 1.03 bits per heavy atom. The minimum atomic E-state index is -0.630. The molecule has 1 N–H and O–H groups in total. The Kier molecular flexibility index (Phi) is 7.01. The highest BCUT2D eigenvalue weighted by Crippen LogP contribution is 2.30. The Balaban J connectivity index is 2.10. The van der Waals surface area contributed by atoms with Crippen LogP contribution in [-0.2, 0) is 16.0 Å². The lowest BCUT2D eigenvalue weighted by atomic mass is 10.0. The first kappa shape index (κ1) is 23.8. The Morgan fingerprint density at radius 3 is 2.15 bits per heavy atom. The number of methoxy groups -OCH3 is 2. The molecule has 0 bridgehead atoms. The van der Waals surface area contributed by atoms with Gasteiger partial charge in [-0.1, -0.05) is 26.0 Å². The van der Waals surface area contributed by atoms with Gasteiger partial charge >= 0.3 is 11.9 Å². The van der Waals surface area contributed by atoms with Gasteiger partial charge in [-0.25, -0.2) is 9.59 Å². The molecule has 3 aromatic rings. The van der Waals surface area contributed by atoms with Gasteiger partial charge in [0.15, 0.2) is 0 Å². The van der Waals surface area contributed by atoms with Gasteiger partial charge in [-0.3, -0.25) is 4.79 Å². The molecule has 0 aliphatic rings. The number of esters is 2. The average Bonchev–Trinajstić information content (AvgIpc) is 3.08. The first-order valence-corrected chi connectivity index (χ1v) is 10.6. The number of aryl methyl sites for hydroxylation is 1. The molecule has 7 heteroatoms. The molecular weight excluding hydrogens is 420 g/mol. The van der Waals surface area contributed by atoms with E-state index in [0.29, 0.717) is 18.2 Å². The number of carbonyl (C=O) groups excluding carboxylic acids is 3. The molecule has 0 radical (unpaired) electrons. The van der Waals surface area contributed by atoms with Crippen molar-refractivity contribution in [1.82, 2.24) is 4.57 Å². The molecule has 0 saturated carbocycles. The summed E-state index contributed by atoms with van der Waals surface area (Å²) in [6.45, 7) is 10.4. The van der Waals surface area contributed by atoms with Crippen molar-refractivity contribution < 1.29 is 23.9 Å². The molecular formula is C26H28N2O5. The molecule has 0 saturated heterocycles. The summed E-state index contributed by atoms with van der Waals surface area (Å²) >= 11 is 0. The summed E-state index contributed by atoms with van der Waals surface area (Å²) in [5, 5.41) is 3.82. The number of rotatable bonds is 7. The topological polar surface area (TPSA) is 86.6 Å². The van der Waals surface area contributed by atoms with Crippen molar-refractivity contribution >= 4 is 34.4 Å². The summed E-state index contributed by atoms with van der Waals surface area (Å²) in [5.41, 5.74) is 3.96. The minimum Gasteiger partial charge on any atom is -0.465 e. The molecule has 3 rings (SSSR count). The number of hydrogen-bond donors (Lipinski definition) is 1. The van der Waals surface area contributed by atoms with Crippen molar-refractivity contribution in [3.05, 3.63) is 77.0 Å². The number of carbonyl (C=O) groups is 3. The van der Waals surface area contributed by atoms with E-state index in [1.807, 2.05) is 17.6 Å². The Bertz CT molecular complexity index is 1220. The van der Waals surface area contributed by atoms with E-state index >= 15 is 0 Å². The van der Waals surface area contributed by atoms with E-state index in [1.165, 1.54) is 38.0 Å².